The zero-order valence-corrected chi connectivity index (χ0v) is 25.9. The number of unbranched alkanes of at least 4 members (excludes halogenated alkanes) is 10. The largest absolute Gasteiger partial charge is 0.340 e. The SMILES string of the molecule is CCCCCCCCn1c2ccccc2c2cc(-c3ccc4c(c3)c3ccccc3n4CCCCCCCC)ccc21. The van der Waals surface area contributed by atoms with Crippen LogP contribution < -0.4 is 0 Å². The molecule has 2 heterocycles. The molecule has 2 aromatic heterocycles. The molecule has 0 fully saturated rings. The highest BCUT2D eigenvalue weighted by molar-refractivity contribution is 6.11. The van der Waals surface area contributed by atoms with Crippen molar-refractivity contribution < 1.29 is 0 Å². The van der Waals surface area contributed by atoms with Crippen molar-refractivity contribution in [2.75, 3.05) is 0 Å². The topological polar surface area (TPSA) is 9.86 Å². The predicted octanol–water partition coefficient (Wildman–Crippen LogP) is 12.3. The van der Waals surface area contributed by atoms with Gasteiger partial charge in [-0.25, -0.2) is 0 Å². The molecular formula is C40H48N2. The zero-order valence-electron chi connectivity index (χ0n) is 25.9. The van der Waals surface area contributed by atoms with Crippen LogP contribution in [0.15, 0.2) is 84.9 Å². The summed E-state index contributed by atoms with van der Waals surface area (Å²) in [6.45, 7) is 6.78. The number of hydrogen-bond donors (Lipinski definition) is 0. The van der Waals surface area contributed by atoms with E-state index in [9.17, 15) is 0 Å². The van der Waals surface area contributed by atoms with Gasteiger partial charge < -0.3 is 9.13 Å². The van der Waals surface area contributed by atoms with Gasteiger partial charge in [0.1, 0.15) is 0 Å². The van der Waals surface area contributed by atoms with Crippen LogP contribution in [0.4, 0.5) is 0 Å². The van der Waals surface area contributed by atoms with E-state index in [4.69, 9.17) is 0 Å². The zero-order chi connectivity index (χ0) is 28.7. The second-order valence-corrected chi connectivity index (χ2v) is 12.3. The van der Waals surface area contributed by atoms with Gasteiger partial charge in [-0.05, 0) is 60.4 Å². The Labute approximate surface area is 252 Å². The minimum Gasteiger partial charge on any atom is -0.340 e. The van der Waals surface area contributed by atoms with E-state index in [2.05, 4.69) is 108 Å². The normalized spacial score (nSPS) is 12.0. The van der Waals surface area contributed by atoms with Crippen molar-refractivity contribution in [1.82, 2.24) is 9.13 Å². The first kappa shape index (κ1) is 28.6. The summed E-state index contributed by atoms with van der Waals surface area (Å²) in [7, 11) is 0. The van der Waals surface area contributed by atoms with Crippen LogP contribution in [0.2, 0.25) is 0 Å². The van der Waals surface area contributed by atoms with Crippen LogP contribution in [-0.2, 0) is 13.1 Å². The van der Waals surface area contributed by atoms with Crippen molar-refractivity contribution in [2.45, 2.75) is 104 Å². The fourth-order valence-electron chi connectivity index (χ4n) is 7.05. The summed E-state index contributed by atoms with van der Waals surface area (Å²) in [5.74, 6) is 0. The molecule has 4 aromatic carbocycles. The minimum absolute atomic E-state index is 1.10. The monoisotopic (exact) mass is 556 g/mol. The molecule has 2 nitrogen and oxygen atoms in total. The Morgan fingerprint density at radius 3 is 1.21 bits per heavy atom. The maximum absolute atomic E-state index is 2.56. The maximum Gasteiger partial charge on any atom is 0.0491 e. The van der Waals surface area contributed by atoms with Gasteiger partial charge in [0, 0.05) is 56.7 Å². The van der Waals surface area contributed by atoms with Gasteiger partial charge in [0.05, 0.1) is 0 Å². The van der Waals surface area contributed by atoms with E-state index in [0.717, 1.165) is 13.1 Å². The number of fused-ring (bicyclic) bond motifs is 6. The summed E-state index contributed by atoms with van der Waals surface area (Å²) in [5, 5.41) is 5.49. The molecule has 42 heavy (non-hydrogen) atoms. The fourth-order valence-corrected chi connectivity index (χ4v) is 7.05. The van der Waals surface area contributed by atoms with E-state index in [1.807, 2.05) is 0 Å². The third-order valence-corrected chi connectivity index (χ3v) is 9.35. The van der Waals surface area contributed by atoms with Crippen LogP contribution >= 0.6 is 0 Å². The molecule has 0 aliphatic carbocycles. The number of benzene rings is 4. The van der Waals surface area contributed by atoms with Crippen LogP contribution in [0.25, 0.3) is 54.7 Å². The molecule has 0 aliphatic heterocycles. The molecule has 0 saturated heterocycles. The highest BCUT2D eigenvalue weighted by Gasteiger charge is 2.14. The molecule has 0 bridgehead atoms. The van der Waals surface area contributed by atoms with Crippen LogP contribution in [0, 0.1) is 0 Å². The molecule has 2 heteroatoms. The minimum atomic E-state index is 1.10. The molecule has 0 unspecified atom stereocenters. The van der Waals surface area contributed by atoms with Gasteiger partial charge in [-0.15, -0.1) is 0 Å². The standard InChI is InChI=1S/C40H48N2/c1-3-5-7-9-11-17-27-41-37-21-15-13-19-33(37)35-29-31(23-25-39(35)41)32-24-26-40-36(30-32)34-20-14-16-22-38(34)42(40)28-18-12-10-8-6-4-2/h13-16,19-26,29-30H,3-12,17-18,27-28H2,1-2H3. The van der Waals surface area contributed by atoms with Crippen LogP contribution in [0.5, 0.6) is 0 Å². The summed E-state index contributed by atoms with van der Waals surface area (Å²) in [4.78, 5) is 0. The van der Waals surface area contributed by atoms with Gasteiger partial charge in [-0.2, -0.15) is 0 Å². The fraction of sp³-hybridized carbons (Fsp3) is 0.400. The molecule has 218 valence electrons. The molecule has 0 atom stereocenters. The molecule has 0 radical (unpaired) electrons. The van der Waals surface area contributed by atoms with E-state index in [0.29, 0.717) is 0 Å². The van der Waals surface area contributed by atoms with Gasteiger partial charge in [0.2, 0.25) is 0 Å². The average molecular weight is 557 g/mol. The number of aryl methyl sites for hydroxylation is 2. The lowest BCUT2D eigenvalue weighted by atomic mass is 10.0. The van der Waals surface area contributed by atoms with Gasteiger partial charge >= 0.3 is 0 Å². The van der Waals surface area contributed by atoms with Crippen molar-refractivity contribution in [3.8, 4) is 11.1 Å². The molecule has 0 N–H and O–H groups in total. The average Bonchev–Trinajstić information content (AvgIpc) is 3.52. The summed E-state index contributed by atoms with van der Waals surface area (Å²) in [5.41, 5.74) is 8.08. The van der Waals surface area contributed by atoms with Crippen molar-refractivity contribution >= 4 is 43.6 Å². The Morgan fingerprint density at radius 1 is 0.381 bits per heavy atom. The lowest BCUT2D eigenvalue weighted by molar-refractivity contribution is 0.571. The van der Waals surface area contributed by atoms with E-state index in [1.165, 1.54) is 132 Å². The smallest absolute Gasteiger partial charge is 0.0491 e. The summed E-state index contributed by atoms with van der Waals surface area (Å²) >= 11 is 0. The number of nitrogens with zero attached hydrogens (tertiary/aromatic N) is 2. The first-order valence-corrected chi connectivity index (χ1v) is 16.8. The van der Waals surface area contributed by atoms with E-state index in [1.54, 1.807) is 0 Å². The Kier molecular flexibility index (Phi) is 9.28. The summed E-state index contributed by atoms with van der Waals surface area (Å²) in [6.07, 6.45) is 15.9. The van der Waals surface area contributed by atoms with Gasteiger partial charge in [-0.1, -0.05) is 127 Å². The quantitative estimate of drug-likeness (QED) is 0.111. The van der Waals surface area contributed by atoms with Crippen molar-refractivity contribution in [2.24, 2.45) is 0 Å². The van der Waals surface area contributed by atoms with Gasteiger partial charge in [0.15, 0.2) is 0 Å². The Morgan fingerprint density at radius 2 is 0.762 bits per heavy atom. The molecule has 0 amide bonds. The lowest BCUT2D eigenvalue weighted by Gasteiger charge is -2.09. The molecule has 0 aliphatic rings. The number of rotatable bonds is 15. The molecule has 0 saturated carbocycles. The first-order valence-electron chi connectivity index (χ1n) is 16.8. The second-order valence-electron chi connectivity index (χ2n) is 12.3. The maximum atomic E-state index is 2.56. The molecule has 0 spiro atoms. The molecular weight excluding hydrogens is 508 g/mol. The Balaban J connectivity index is 1.31. The second kappa shape index (κ2) is 13.6. The van der Waals surface area contributed by atoms with Crippen LogP contribution in [0.3, 0.4) is 0 Å². The molecule has 6 aromatic rings. The molecule has 6 rings (SSSR count). The third kappa shape index (κ3) is 5.87. The third-order valence-electron chi connectivity index (χ3n) is 9.35. The van der Waals surface area contributed by atoms with Crippen LogP contribution in [0.1, 0.15) is 90.9 Å². The van der Waals surface area contributed by atoms with Crippen molar-refractivity contribution in [3.05, 3.63) is 84.9 Å². The highest BCUT2D eigenvalue weighted by atomic mass is 15.0. The summed E-state index contributed by atoms with van der Waals surface area (Å²) in [6, 6.07) is 32.3. The Bertz CT molecular complexity index is 1630. The first-order chi connectivity index (χ1) is 20.8. The Hall–Kier alpha value is -3.52. The van der Waals surface area contributed by atoms with Crippen molar-refractivity contribution in [3.63, 3.8) is 0 Å². The highest BCUT2D eigenvalue weighted by Crippen LogP contribution is 2.36. The predicted molar refractivity (Wildman–Crippen MR) is 185 cm³/mol. The van der Waals surface area contributed by atoms with Gasteiger partial charge in [0.25, 0.3) is 0 Å². The van der Waals surface area contributed by atoms with Gasteiger partial charge in [-0.3, -0.25) is 0 Å². The lowest BCUT2D eigenvalue weighted by Crippen LogP contribution is -1.98. The van der Waals surface area contributed by atoms with E-state index < -0.39 is 0 Å². The van der Waals surface area contributed by atoms with E-state index in [-0.39, 0.29) is 0 Å². The van der Waals surface area contributed by atoms with Crippen LogP contribution in [-0.4, -0.2) is 9.13 Å². The van der Waals surface area contributed by atoms with Crippen molar-refractivity contribution in [1.29, 1.82) is 0 Å². The number of hydrogen-bond acceptors (Lipinski definition) is 0. The number of aromatic nitrogens is 2. The summed E-state index contributed by atoms with van der Waals surface area (Å²) < 4.78 is 5.13. The van der Waals surface area contributed by atoms with E-state index >= 15 is 0 Å². The number of para-hydroxylation sites is 2.